The molecule has 0 fully saturated rings. The van der Waals surface area contributed by atoms with Crippen LogP contribution in [0, 0.1) is 6.92 Å². The molecule has 29 heavy (non-hydrogen) atoms. The molecule has 0 aliphatic carbocycles. The van der Waals surface area contributed by atoms with E-state index in [1.54, 1.807) is 30.3 Å². The highest BCUT2D eigenvalue weighted by atomic mass is 16.2. The summed E-state index contributed by atoms with van der Waals surface area (Å²) in [7, 11) is 3.83. The van der Waals surface area contributed by atoms with Crippen LogP contribution in [0.5, 0.6) is 0 Å². The monoisotopic (exact) mass is 388 g/mol. The Morgan fingerprint density at radius 3 is 2.97 bits per heavy atom. The number of nitrogens with zero attached hydrogens (tertiary/aromatic N) is 3. The van der Waals surface area contributed by atoms with Gasteiger partial charge in [0.2, 0.25) is 11.8 Å². The van der Waals surface area contributed by atoms with Crippen LogP contribution in [-0.4, -0.2) is 33.3 Å². The number of hydrogen-bond donors (Lipinski definition) is 1. The highest BCUT2D eigenvalue weighted by Crippen LogP contribution is 2.23. The van der Waals surface area contributed by atoms with Gasteiger partial charge in [0.1, 0.15) is 5.82 Å². The SMILES string of the molecule is Cc1ccc2c(CN(C)C(=O)/C=C/c3cnc4c(c3)CCC(=O)N4)cn(C)c2c1. The second-order valence-corrected chi connectivity index (χ2v) is 7.64. The zero-order valence-electron chi connectivity index (χ0n) is 16.9. The normalized spacial score (nSPS) is 13.6. The van der Waals surface area contributed by atoms with Gasteiger partial charge in [0.15, 0.2) is 0 Å². The summed E-state index contributed by atoms with van der Waals surface area (Å²) in [6.45, 7) is 2.62. The van der Waals surface area contributed by atoms with Crippen molar-refractivity contribution in [1.29, 1.82) is 0 Å². The van der Waals surface area contributed by atoms with E-state index in [4.69, 9.17) is 0 Å². The molecule has 0 saturated heterocycles. The highest BCUT2D eigenvalue weighted by Gasteiger charge is 2.16. The topological polar surface area (TPSA) is 67.2 Å². The Bertz CT molecular complexity index is 1140. The van der Waals surface area contributed by atoms with Gasteiger partial charge in [-0.3, -0.25) is 9.59 Å². The Labute approximate surface area is 169 Å². The zero-order valence-corrected chi connectivity index (χ0v) is 16.9. The maximum absolute atomic E-state index is 12.6. The fraction of sp³-hybridized carbons (Fsp3) is 0.261. The van der Waals surface area contributed by atoms with Gasteiger partial charge in [-0.2, -0.15) is 0 Å². The lowest BCUT2D eigenvalue weighted by Gasteiger charge is -2.16. The number of fused-ring (bicyclic) bond motifs is 2. The number of rotatable bonds is 4. The molecule has 1 aliphatic heterocycles. The van der Waals surface area contributed by atoms with Crippen LogP contribution < -0.4 is 5.32 Å². The van der Waals surface area contributed by atoms with E-state index in [1.807, 2.05) is 13.1 Å². The standard InChI is InChI=1S/C23H24N4O2/c1-15-4-7-19-18(13-26(2)20(19)10-15)14-27(3)22(29)9-5-16-11-17-6-8-21(28)25-23(17)24-12-16/h4-5,7,9-13H,6,8,14H2,1-3H3,(H,24,25,28)/b9-5+. The molecule has 1 aromatic carbocycles. The molecule has 148 valence electrons. The molecule has 1 N–H and O–H groups in total. The number of benzene rings is 1. The molecule has 2 amide bonds. The second kappa shape index (κ2) is 7.54. The van der Waals surface area contributed by atoms with Gasteiger partial charge in [-0.05, 0) is 53.8 Å². The molecule has 6 heteroatoms. The summed E-state index contributed by atoms with van der Waals surface area (Å²) in [5, 5.41) is 3.94. The van der Waals surface area contributed by atoms with E-state index in [9.17, 15) is 9.59 Å². The fourth-order valence-corrected chi connectivity index (χ4v) is 3.70. The molecule has 3 aromatic rings. The van der Waals surface area contributed by atoms with Crippen molar-refractivity contribution in [3.8, 4) is 0 Å². The minimum atomic E-state index is -0.0693. The van der Waals surface area contributed by atoms with Crippen molar-refractivity contribution in [2.75, 3.05) is 12.4 Å². The maximum Gasteiger partial charge on any atom is 0.246 e. The molecule has 0 unspecified atom stereocenters. The Kier molecular flexibility index (Phi) is 4.92. The number of pyridine rings is 1. The summed E-state index contributed by atoms with van der Waals surface area (Å²) in [5.41, 5.74) is 5.36. The number of likely N-dealkylation sites (N-methyl/N-ethyl adjacent to an activating group) is 1. The third-order valence-electron chi connectivity index (χ3n) is 5.30. The number of carbonyl (C=O) groups excluding carboxylic acids is 2. The van der Waals surface area contributed by atoms with Crippen molar-refractivity contribution in [3.63, 3.8) is 0 Å². The van der Waals surface area contributed by atoms with Gasteiger partial charge in [0.05, 0.1) is 0 Å². The smallest absolute Gasteiger partial charge is 0.246 e. The maximum atomic E-state index is 12.6. The average Bonchev–Trinajstić information content (AvgIpc) is 3.00. The zero-order chi connectivity index (χ0) is 20.5. The largest absolute Gasteiger partial charge is 0.350 e. The molecule has 0 saturated carbocycles. The molecule has 0 bridgehead atoms. The van der Waals surface area contributed by atoms with Gasteiger partial charge in [0.25, 0.3) is 0 Å². The van der Waals surface area contributed by atoms with Crippen molar-refractivity contribution in [1.82, 2.24) is 14.5 Å². The van der Waals surface area contributed by atoms with Gasteiger partial charge in [-0.15, -0.1) is 0 Å². The van der Waals surface area contributed by atoms with Crippen LogP contribution in [0.2, 0.25) is 0 Å². The number of nitrogens with one attached hydrogen (secondary N) is 1. The lowest BCUT2D eigenvalue weighted by atomic mass is 10.0. The molecule has 0 radical (unpaired) electrons. The molecule has 4 rings (SSSR count). The first-order chi connectivity index (χ1) is 13.9. The molecule has 0 spiro atoms. The van der Waals surface area contributed by atoms with Gasteiger partial charge in [-0.1, -0.05) is 12.1 Å². The molecule has 3 heterocycles. The summed E-state index contributed by atoms with van der Waals surface area (Å²) < 4.78 is 2.10. The van der Waals surface area contributed by atoms with E-state index < -0.39 is 0 Å². The van der Waals surface area contributed by atoms with Crippen LogP contribution in [0.1, 0.15) is 28.7 Å². The molecular formula is C23H24N4O2. The van der Waals surface area contributed by atoms with E-state index in [-0.39, 0.29) is 11.8 Å². The van der Waals surface area contributed by atoms with E-state index in [0.29, 0.717) is 25.2 Å². The van der Waals surface area contributed by atoms with Crippen LogP contribution in [-0.2, 0) is 29.6 Å². The second-order valence-electron chi connectivity index (χ2n) is 7.64. The number of hydrogen-bond acceptors (Lipinski definition) is 3. The first-order valence-electron chi connectivity index (χ1n) is 9.67. The summed E-state index contributed by atoms with van der Waals surface area (Å²) in [4.78, 5) is 30.0. The van der Waals surface area contributed by atoms with E-state index in [2.05, 4.69) is 46.2 Å². The Balaban J connectivity index is 1.47. The Morgan fingerprint density at radius 1 is 1.31 bits per heavy atom. The lowest BCUT2D eigenvalue weighted by molar-refractivity contribution is -0.125. The molecule has 6 nitrogen and oxygen atoms in total. The quantitative estimate of drug-likeness (QED) is 0.696. The Hall–Kier alpha value is -3.41. The van der Waals surface area contributed by atoms with Gasteiger partial charge in [0, 0.05) is 56.4 Å². The minimum absolute atomic E-state index is 0.00584. The first kappa shape index (κ1) is 18.9. The van der Waals surface area contributed by atoms with Crippen LogP contribution in [0.3, 0.4) is 0 Å². The third kappa shape index (κ3) is 3.92. The van der Waals surface area contributed by atoms with Crippen molar-refractivity contribution >= 4 is 34.6 Å². The molecule has 1 aliphatic rings. The number of carbonyl (C=O) groups is 2. The van der Waals surface area contributed by atoms with Crippen molar-refractivity contribution < 1.29 is 9.59 Å². The number of anilines is 1. The highest BCUT2D eigenvalue weighted by molar-refractivity contribution is 5.94. The van der Waals surface area contributed by atoms with E-state index in [1.165, 1.54) is 16.5 Å². The summed E-state index contributed by atoms with van der Waals surface area (Å²) >= 11 is 0. The molecular weight excluding hydrogens is 364 g/mol. The summed E-state index contributed by atoms with van der Waals surface area (Å²) in [6.07, 6.45) is 8.23. The third-order valence-corrected chi connectivity index (χ3v) is 5.30. The minimum Gasteiger partial charge on any atom is -0.350 e. The molecule has 0 atom stereocenters. The van der Waals surface area contributed by atoms with E-state index >= 15 is 0 Å². The summed E-state index contributed by atoms with van der Waals surface area (Å²) in [5.74, 6) is 0.543. The van der Waals surface area contributed by atoms with Crippen LogP contribution in [0.15, 0.2) is 42.7 Å². The molecule has 2 aromatic heterocycles. The number of amides is 2. The van der Waals surface area contributed by atoms with Crippen molar-refractivity contribution in [2.24, 2.45) is 7.05 Å². The number of aryl methyl sites for hydroxylation is 3. The lowest BCUT2D eigenvalue weighted by Crippen LogP contribution is -2.24. The summed E-state index contributed by atoms with van der Waals surface area (Å²) in [6, 6.07) is 8.34. The fourth-order valence-electron chi connectivity index (χ4n) is 3.70. The van der Waals surface area contributed by atoms with Crippen LogP contribution in [0.4, 0.5) is 5.82 Å². The van der Waals surface area contributed by atoms with Crippen molar-refractivity contribution in [3.05, 3.63) is 65.0 Å². The predicted octanol–water partition coefficient (Wildman–Crippen LogP) is 3.44. The van der Waals surface area contributed by atoms with Gasteiger partial charge < -0.3 is 14.8 Å². The average molecular weight is 388 g/mol. The van der Waals surface area contributed by atoms with Gasteiger partial charge in [-0.25, -0.2) is 4.98 Å². The number of aromatic nitrogens is 2. The van der Waals surface area contributed by atoms with Crippen LogP contribution >= 0.6 is 0 Å². The Morgan fingerprint density at radius 2 is 2.14 bits per heavy atom. The van der Waals surface area contributed by atoms with E-state index in [0.717, 1.165) is 16.7 Å². The first-order valence-corrected chi connectivity index (χ1v) is 9.67. The predicted molar refractivity (Wildman–Crippen MR) is 114 cm³/mol. The van der Waals surface area contributed by atoms with Crippen LogP contribution in [0.25, 0.3) is 17.0 Å². The van der Waals surface area contributed by atoms with Gasteiger partial charge >= 0.3 is 0 Å². The van der Waals surface area contributed by atoms with Crippen molar-refractivity contribution in [2.45, 2.75) is 26.3 Å².